The summed E-state index contributed by atoms with van der Waals surface area (Å²) in [5, 5.41) is 0.602. The average Bonchev–Trinajstić information content (AvgIpc) is 3.17. The van der Waals surface area contributed by atoms with Crippen LogP contribution in [0.4, 0.5) is 0 Å². The molecule has 1 fully saturated rings. The van der Waals surface area contributed by atoms with E-state index in [2.05, 4.69) is 4.72 Å². The lowest BCUT2D eigenvalue weighted by atomic mass is 10.2. The molecule has 0 spiro atoms. The highest BCUT2D eigenvalue weighted by Crippen LogP contribution is 2.22. The average molecular weight is 429 g/mol. The molecule has 146 valence electrons. The highest BCUT2D eigenvalue weighted by Gasteiger charge is 2.27. The summed E-state index contributed by atoms with van der Waals surface area (Å²) in [7, 11) is -7.27. The summed E-state index contributed by atoms with van der Waals surface area (Å²) in [6.07, 6.45) is 2.20. The first kappa shape index (κ1) is 20.3. The van der Waals surface area contributed by atoms with Crippen LogP contribution < -0.4 is 4.72 Å². The monoisotopic (exact) mass is 428 g/mol. The Morgan fingerprint density at radius 3 is 2.19 bits per heavy atom. The van der Waals surface area contributed by atoms with Gasteiger partial charge in [0.1, 0.15) is 0 Å². The molecule has 0 aromatic heterocycles. The van der Waals surface area contributed by atoms with Crippen LogP contribution >= 0.6 is 11.6 Å². The van der Waals surface area contributed by atoms with E-state index >= 15 is 0 Å². The fraction of sp³-hybridized carbons (Fsp3) is 0.333. The summed E-state index contributed by atoms with van der Waals surface area (Å²) in [5.41, 5.74) is 0.928. The normalized spacial score (nSPS) is 15.9. The van der Waals surface area contributed by atoms with E-state index in [0.717, 1.165) is 18.4 Å². The van der Waals surface area contributed by atoms with Crippen molar-refractivity contribution in [3.63, 3.8) is 0 Å². The Labute approximate surface area is 165 Å². The van der Waals surface area contributed by atoms with E-state index in [-0.39, 0.29) is 16.3 Å². The fourth-order valence-electron chi connectivity index (χ4n) is 2.97. The number of hydrogen-bond acceptors (Lipinski definition) is 4. The number of nitrogens with zero attached hydrogens (tertiary/aromatic N) is 1. The van der Waals surface area contributed by atoms with E-state index in [0.29, 0.717) is 24.5 Å². The maximum Gasteiger partial charge on any atom is 0.243 e. The minimum atomic E-state index is -3.71. The zero-order chi connectivity index (χ0) is 19.5. The largest absolute Gasteiger partial charge is 0.243 e. The van der Waals surface area contributed by atoms with Crippen molar-refractivity contribution in [1.82, 2.24) is 9.03 Å². The summed E-state index contributed by atoms with van der Waals surface area (Å²) in [5.74, 6) is 0. The topological polar surface area (TPSA) is 83.5 Å². The third-order valence-electron chi connectivity index (χ3n) is 4.43. The molecule has 3 rings (SSSR count). The van der Waals surface area contributed by atoms with Gasteiger partial charge in [0, 0.05) is 24.7 Å². The standard InChI is InChI=1S/C18H21ClN2O4S2/c19-16-5-3-4-15(14-16)10-11-20-26(22,23)17-6-8-18(9-7-17)27(24,25)21-12-1-2-13-21/h3-9,14,20H,1-2,10-13H2. The van der Waals surface area contributed by atoms with Crippen LogP contribution in [0.1, 0.15) is 18.4 Å². The summed E-state index contributed by atoms with van der Waals surface area (Å²) >= 11 is 5.92. The molecule has 0 radical (unpaired) electrons. The zero-order valence-electron chi connectivity index (χ0n) is 14.6. The molecule has 0 unspecified atom stereocenters. The van der Waals surface area contributed by atoms with Crippen molar-refractivity contribution >= 4 is 31.6 Å². The van der Waals surface area contributed by atoms with E-state index in [9.17, 15) is 16.8 Å². The van der Waals surface area contributed by atoms with Crippen LogP contribution in [0.5, 0.6) is 0 Å². The zero-order valence-corrected chi connectivity index (χ0v) is 17.0. The summed E-state index contributed by atoms with van der Waals surface area (Å²) in [6, 6.07) is 12.6. The molecule has 1 aliphatic rings. The SMILES string of the molecule is O=S(=O)(NCCc1cccc(Cl)c1)c1ccc(S(=O)(=O)N2CCCC2)cc1. The van der Waals surface area contributed by atoms with Gasteiger partial charge in [-0.15, -0.1) is 0 Å². The van der Waals surface area contributed by atoms with Crippen LogP contribution in [0, 0.1) is 0 Å². The highest BCUT2D eigenvalue weighted by molar-refractivity contribution is 7.89. The van der Waals surface area contributed by atoms with Gasteiger partial charge in [-0.2, -0.15) is 4.31 Å². The molecule has 0 amide bonds. The van der Waals surface area contributed by atoms with Gasteiger partial charge < -0.3 is 0 Å². The van der Waals surface area contributed by atoms with Gasteiger partial charge in [0.05, 0.1) is 9.79 Å². The van der Waals surface area contributed by atoms with Crippen LogP contribution in [0.3, 0.4) is 0 Å². The number of rotatable bonds is 7. The van der Waals surface area contributed by atoms with Crippen molar-refractivity contribution in [3.05, 3.63) is 59.1 Å². The Balaban J connectivity index is 1.66. The van der Waals surface area contributed by atoms with Crippen molar-refractivity contribution in [2.24, 2.45) is 0 Å². The van der Waals surface area contributed by atoms with Crippen molar-refractivity contribution < 1.29 is 16.8 Å². The van der Waals surface area contributed by atoms with Gasteiger partial charge in [0.2, 0.25) is 20.0 Å². The molecule has 2 aromatic rings. The van der Waals surface area contributed by atoms with Crippen LogP contribution in [0.15, 0.2) is 58.3 Å². The lowest BCUT2D eigenvalue weighted by Crippen LogP contribution is -2.28. The molecule has 1 saturated heterocycles. The predicted molar refractivity (Wildman–Crippen MR) is 105 cm³/mol. The number of benzene rings is 2. The fourth-order valence-corrected chi connectivity index (χ4v) is 5.74. The van der Waals surface area contributed by atoms with E-state index < -0.39 is 20.0 Å². The van der Waals surface area contributed by atoms with Crippen molar-refractivity contribution in [2.75, 3.05) is 19.6 Å². The Bertz CT molecular complexity index is 1000. The van der Waals surface area contributed by atoms with Gasteiger partial charge in [0.15, 0.2) is 0 Å². The molecule has 27 heavy (non-hydrogen) atoms. The van der Waals surface area contributed by atoms with E-state index in [1.165, 1.54) is 28.6 Å². The lowest BCUT2D eigenvalue weighted by molar-refractivity contribution is 0.477. The highest BCUT2D eigenvalue weighted by atomic mass is 35.5. The third-order valence-corrected chi connectivity index (χ3v) is 8.06. The number of halogens is 1. The second-order valence-electron chi connectivity index (χ2n) is 6.36. The molecular weight excluding hydrogens is 408 g/mol. The molecular formula is C18H21ClN2O4S2. The van der Waals surface area contributed by atoms with Crippen LogP contribution in [0.25, 0.3) is 0 Å². The van der Waals surface area contributed by atoms with Gasteiger partial charge in [-0.1, -0.05) is 23.7 Å². The van der Waals surface area contributed by atoms with E-state index in [1.54, 1.807) is 12.1 Å². The second-order valence-corrected chi connectivity index (χ2v) is 10.5. The molecule has 0 atom stereocenters. The third kappa shape index (κ3) is 4.89. The van der Waals surface area contributed by atoms with Crippen LogP contribution in [0.2, 0.25) is 5.02 Å². The molecule has 6 nitrogen and oxygen atoms in total. The maximum absolute atomic E-state index is 12.5. The maximum atomic E-state index is 12.5. The molecule has 9 heteroatoms. The molecule has 0 aliphatic carbocycles. The smallest absolute Gasteiger partial charge is 0.211 e. The molecule has 2 aromatic carbocycles. The van der Waals surface area contributed by atoms with Crippen LogP contribution in [-0.2, 0) is 26.5 Å². The molecule has 1 heterocycles. The first-order valence-corrected chi connectivity index (χ1v) is 11.9. The minimum absolute atomic E-state index is 0.0361. The molecule has 1 aliphatic heterocycles. The molecule has 0 bridgehead atoms. The van der Waals surface area contributed by atoms with Gasteiger partial charge in [-0.05, 0) is 61.2 Å². The minimum Gasteiger partial charge on any atom is -0.211 e. The van der Waals surface area contributed by atoms with E-state index in [4.69, 9.17) is 11.6 Å². The molecule has 0 saturated carbocycles. The number of nitrogens with one attached hydrogen (secondary N) is 1. The Hall–Kier alpha value is -1.45. The van der Waals surface area contributed by atoms with Gasteiger partial charge >= 0.3 is 0 Å². The van der Waals surface area contributed by atoms with Crippen LogP contribution in [-0.4, -0.2) is 40.8 Å². The number of hydrogen-bond donors (Lipinski definition) is 1. The Kier molecular flexibility index (Phi) is 6.22. The van der Waals surface area contributed by atoms with E-state index in [1.807, 2.05) is 12.1 Å². The van der Waals surface area contributed by atoms with Gasteiger partial charge in [0.25, 0.3) is 0 Å². The van der Waals surface area contributed by atoms with Crippen molar-refractivity contribution in [1.29, 1.82) is 0 Å². The Morgan fingerprint density at radius 2 is 1.56 bits per heavy atom. The summed E-state index contributed by atoms with van der Waals surface area (Å²) in [4.78, 5) is 0.149. The van der Waals surface area contributed by atoms with Crippen molar-refractivity contribution in [2.45, 2.75) is 29.1 Å². The quantitative estimate of drug-likeness (QED) is 0.734. The first-order chi connectivity index (χ1) is 12.8. The predicted octanol–water partition coefficient (Wildman–Crippen LogP) is 2.65. The van der Waals surface area contributed by atoms with Gasteiger partial charge in [-0.25, -0.2) is 21.6 Å². The summed E-state index contributed by atoms with van der Waals surface area (Å²) in [6.45, 7) is 1.23. The number of sulfonamides is 2. The Morgan fingerprint density at radius 1 is 0.926 bits per heavy atom. The second kappa shape index (κ2) is 8.28. The lowest BCUT2D eigenvalue weighted by Gasteiger charge is -2.15. The first-order valence-electron chi connectivity index (χ1n) is 8.63. The van der Waals surface area contributed by atoms with Crippen molar-refractivity contribution in [3.8, 4) is 0 Å². The molecule has 1 N–H and O–H groups in total. The van der Waals surface area contributed by atoms with Gasteiger partial charge in [-0.3, -0.25) is 0 Å². The summed E-state index contributed by atoms with van der Waals surface area (Å²) < 4.78 is 53.8.